The summed E-state index contributed by atoms with van der Waals surface area (Å²) >= 11 is 1.23. The van der Waals surface area contributed by atoms with Crippen molar-refractivity contribution in [3.05, 3.63) is 39.2 Å². The monoisotopic (exact) mass is 314 g/mol. The molecule has 2 rings (SSSR count). The summed E-state index contributed by atoms with van der Waals surface area (Å²) in [4.78, 5) is 34.4. The third-order valence-electron chi connectivity index (χ3n) is 3.11. The number of nitro benzene ring substituents is 1. The van der Waals surface area contributed by atoms with Crippen molar-refractivity contribution in [2.45, 2.75) is 13.0 Å². The van der Waals surface area contributed by atoms with Crippen LogP contribution >= 0.6 is 11.8 Å². The van der Waals surface area contributed by atoms with Crippen LogP contribution in [0.25, 0.3) is 0 Å². The molecule has 1 saturated heterocycles. The van der Waals surface area contributed by atoms with Gasteiger partial charge in [-0.3, -0.25) is 14.9 Å². The Kier molecular flexibility index (Phi) is 4.12. The summed E-state index contributed by atoms with van der Waals surface area (Å²) in [6.45, 7) is 1.31. The normalized spacial score (nSPS) is 17.8. The second-order valence-electron chi connectivity index (χ2n) is 4.51. The van der Waals surface area contributed by atoms with Crippen LogP contribution in [0.3, 0.4) is 0 Å². The van der Waals surface area contributed by atoms with Gasteiger partial charge in [0.2, 0.25) is 0 Å². The minimum absolute atomic E-state index is 0.0359. The standard InChI is InChI=1S/C12H11FN2O5S/c1-6-2-7(15(19)20)3-8(10(6)13)11(16)14-5-21-4-9(14)12(17)18/h2-3,9H,4-5H2,1H3,(H,17,18). The van der Waals surface area contributed by atoms with E-state index in [-0.39, 0.29) is 17.2 Å². The Morgan fingerprint density at radius 1 is 1.52 bits per heavy atom. The number of thioether (sulfide) groups is 1. The molecule has 21 heavy (non-hydrogen) atoms. The van der Waals surface area contributed by atoms with Crippen molar-refractivity contribution in [3.8, 4) is 0 Å². The summed E-state index contributed by atoms with van der Waals surface area (Å²) < 4.78 is 14.1. The van der Waals surface area contributed by atoms with Crippen LogP contribution in [0, 0.1) is 22.9 Å². The summed E-state index contributed by atoms with van der Waals surface area (Å²) in [5.41, 5.74) is -0.919. The Bertz CT molecular complexity index is 636. The summed E-state index contributed by atoms with van der Waals surface area (Å²) in [5, 5.41) is 19.8. The van der Waals surface area contributed by atoms with Crippen molar-refractivity contribution in [2.24, 2.45) is 0 Å². The molecule has 1 atom stereocenters. The Hall–Kier alpha value is -2.16. The third kappa shape index (κ3) is 2.82. The van der Waals surface area contributed by atoms with Gasteiger partial charge in [-0.1, -0.05) is 0 Å². The van der Waals surface area contributed by atoms with E-state index in [2.05, 4.69) is 0 Å². The molecule has 0 saturated carbocycles. The number of carbonyl (C=O) groups is 2. The second kappa shape index (κ2) is 5.68. The van der Waals surface area contributed by atoms with Gasteiger partial charge >= 0.3 is 5.97 Å². The van der Waals surface area contributed by atoms with Crippen molar-refractivity contribution in [1.82, 2.24) is 4.90 Å². The van der Waals surface area contributed by atoms with Gasteiger partial charge in [-0.05, 0) is 12.5 Å². The van der Waals surface area contributed by atoms with E-state index >= 15 is 0 Å². The molecule has 1 heterocycles. The van der Waals surface area contributed by atoms with Crippen LogP contribution in [0.4, 0.5) is 10.1 Å². The minimum Gasteiger partial charge on any atom is -0.480 e. The van der Waals surface area contributed by atoms with Gasteiger partial charge in [0.05, 0.1) is 16.4 Å². The zero-order valence-corrected chi connectivity index (χ0v) is 11.7. The first-order chi connectivity index (χ1) is 9.82. The first kappa shape index (κ1) is 15.2. The van der Waals surface area contributed by atoms with E-state index in [1.165, 1.54) is 18.7 Å². The zero-order valence-electron chi connectivity index (χ0n) is 10.9. The summed E-state index contributed by atoms with van der Waals surface area (Å²) in [5.74, 6) is -2.59. The molecule has 1 aliphatic rings. The molecule has 1 unspecified atom stereocenters. The number of benzene rings is 1. The molecule has 0 spiro atoms. The van der Waals surface area contributed by atoms with E-state index in [0.717, 1.165) is 17.0 Å². The van der Waals surface area contributed by atoms with Gasteiger partial charge in [-0.2, -0.15) is 0 Å². The van der Waals surface area contributed by atoms with Gasteiger partial charge in [0.25, 0.3) is 11.6 Å². The van der Waals surface area contributed by atoms with Crippen LogP contribution in [0.1, 0.15) is 15.9 Å². The molecule has 9 heteroatoms. The Balaban J connectivity index is 2.43. The lowest BCUT2D eigenvalue weighted by Crippen LogP contribution is -2.42. The zero-order chi connectivity index (χ0) is 15.7. The Morgan fingerprint density at radius 2 is 2.19 bits per heavy atom. The highest BCUT2D eigenvalue weighted by molar-refractivity contribution is 7.99. The van der Waals surface area contributed by atoms with Gasteiger partial charge in [0.15, 0.2) is 0 Å². The smallest absolute Gasteiger partial charge is 0.327 e. The number of hydrogen-bond donors (Lipinski definition) is 1. The first-order valence-corrected chi connectivity index (χ1v) is 7.04. The highest BCUT2D eigenvalue weighted by Gasteiger charge is 2.36. The topological polar surface area (TPSA) is 101 Å². The summed E-state index contributed by atoms with van der Waals surface area (Å²) in [6.07, 6.45) is 0. The van der Waals surface area contributed by atoms with E-state index in [1.54, 1.807) is 0 Å². The Morgan fingerprint density at radius 3 is 2.76 bits per heavy atom. The average Bonchev–Trinajstić information content (AvgIpc) is 2.90. The number of hydrogen-bond acceptors (Lipinski definition) is 5. The van der Waals surface area contributed by atoms with Crippen LogP contribution < -0.4 is 0 Å². The summed E-state index contributed by atoms with van der Waals surface area (Å²) in [6, 6.07) is 0.813. The fourth-order valence-corrected chi connectivity index (χ4v) is 3.16. The number of nitrogens with zero attached hydrogens (tertiary/aromatic N) is 2. The molecule has 0 aliphatic carbocycles. The van der Waals surface area contributed by atoms with Gasteiger partial charge in [-0.25, -0.2) is 9.18 Å². The predicted octanol–water partition coefficient (Wildman–Crippen LogP) is 1.64. The molecule has 112 valence electrons. The Labute approximate surface area is 122 Å². The van der Waals surface area contributed by atoms with E-state index in [0.29, 0.717) is 0 Å². The van der Waals surface area contributed by atoms with Crippen LogP contribution in [-0.2, 0) is 4.79 Å². The SMILES string of the molecule is Cc1cc([N+](=O)[O-])cc(C(=O)N2CSCC2C(=O)O)c1F. The quantitative estimate of drug-likeness (QED) is 0.672. The van der Waals surface area contributed by atoms with Gasteiger partial charge in [0.1, 0.15) is 11.9 Å². The maximum absolute atomic E-state index is 14.1. The fourth-order valence-electron chi connectivity index (χ4n) is 2.01. The lowest BCUT2D eigenvalue weighted by molar-refractivity contribution is -0.385. The average molecular weight is 314 g/mol. The molecule has 1 aliphatic heterocycles. The summed E-state index contributed by atoms with van der Waals surface area (Å²) in [7, 11) is 0. The molecule has 1 aromatic carbocycles. The number of nitro groups is 1. The number of carboxylic acids is 1. The van der Waals surface area contributed by atoms with E-state index in [1.807, 2.05) is 0 Å². The number of halogens is 1. The number of carboxylic acid groups (broad SMARTS) is 1. The number of rotatable bonds is 3. The molecule has 1 fully saturated rings. The van der Waals surface area contributed by atoms with Crippen molar-refractivity contribution in [2.75, 3.05) is 11.6 Å². The van der Waals surface area contributed by atoms with E-state index < -0.39 is 39.9 Å². The highest BCUT2D eigenvalue weighted by atomic mass is 32.2. The van der Waals surface area contributed by atoms with Gasteiger partial charge in [-0.15, -0.1) is 11.8 Å². The molecular formula is C12H11FN2O5S. The number of amides is 1. The van der Waals surface area contributed by atoms with Crippen molar-refractivity contribution in [3.63, 3.8) is 0 Å². The molecule has 7 nitrogen and oxygen atoms in total. The molecular weight excluding hydrogens is 303 g/mol. The molecule has 0 bridgehead atoms. The molecule has 0 radical (unpaired) electrons. The van der Waals surface area contributed by atoms with Crippen LogP contribution in [-0.4, -0.2) is 44.5 Å². The second-order valence-corrected chi connectivity index (χ2v) is 5.51. The van der Waals surface area contributed by atoms with Crippen LogP contribution in [0.2, 0.25) is 0 Å². The van der Waals surface area contributed by atoms with Crippen molar-refractivity contribution < 1.29 is 24.0 Å². The number of aliphatic carboxylic acids is 1. The van der Waals surface area contributed by atoms with Crippen LogP contribution in [0.5, 0.6) is 0 Å². The first-order valence-electron chi connectivity index (χ1n) is 5.89. The van der Waals surface area contributed by atoms with E-state index in [9.17, 15) is 24.1 Å². The fraction of sp³-hybridized carbons (Fsp3) is 0.333. The molecule has 1 N–H and O–H groups in total. The maximum Gasteiger partial charge on any atom is 0.327 e. The van der Waals surface area contributed by atoms with Crippen LogP contribution in [0.15, 0.2) is 12.1 Å². The minimum atomic E-state index is -1.18. The lowest BCUT2D eigenvalue weighted by atomic mass is 10.1. The number of carbonyl (C=O) groups excluding carboxylic acids is 1. The van der Waals surface area contributed by atoms with Gasteiger partial charge < -0.3 is 10.0 Å². The van der Waals surface area contributed by atoms with Crippen molar-refractivity contribution >= 4 is 29.3 Å². The largest absolute Gasteiger partial charge is 0.480 e. The predicted molar refractivity (Wildman–Crippen MR) is 72.7 cm³/mol. The van der Waals surface area contributed by atoms with E-state index in [4.69, 9.17) is 5.11 Å². The third-order valence-corrected chi connectivity index (χ3v) is 4.12. The van der Waals surface area contributed by atoms with Crippen molar-refractivity contribution in [1.29, 1.82) is 0 Å². The number of aryl methyl sites for hydroxylation is 1. The van der Waals surface area contributed by atoms with Gasteiger partial charge in [0, 0.05) is 17.9 Å². The number of non-ortho nitro benzene ring substituents is 1. The maximum atomic E-state index is 14.1. The molecule has 0 aromatic heterocycles. The molecule has 1 amide bonds. The lowest BCUT2D eigenvalue weighted by Gasteiger charge is -2.20. The molecule has 1 aromatic rings. The highest BCUT2D eigenvalue weighted by Crippen LogP contribution is 2.27.